The molecule has 33 heavy (non-hydrogen) atoms. The first kappa shape index (κ1) is 22.9. The van der Waals surface area contributed by atoms with Gasteiger partial charge in [-0.1, -0.05) is 0 Å². The number of aromatic nitrogens is 2. The van der Waals surface area contributed by atoms with Gasteiger partial charge >= 0.3 is 5.97 Å². The summed E-state index contributed by atoms with van der Waals surface area (Å²) in [5.74, 6) is 1.19. The van der Waals surface area contributed by atoms with Gasteiger partial charge in [0.15, 0.2) is 11.5 Å². The number of fused-ring (bicyclic) bond motifs is 2. The molecule has 2 heterocycles. The molecule has 0 bridgehead atoms. The Kier molecular flexibility index (Phi) is 6.17. The molecule has 0 saturated heterocycles. The number of sulfonamides is 1. The van der Waals surface area contributed by atoms with Crippen LogP contribution in [0, 0.1) is 0 Å². The SMILES string of the molecule is CCn1c(COC(=O)c2cc(OC)c3c(c2)OCCO3)nc2cc(S(=O)(=O)N(C)C)ccc21. The lowest BCUT2D eigenvalue weighted by atomic mass is 10.1. The minimum absolute atomic E-state index is 0.0894. The van der Waals surface area contributed by atoms with Crippen molar-refractivity contribution in [2.75, 3.05) is 34.4 Å². The van der Waals surface area contributed by atoms with E-state index in [1.165, 1.54) is 33.3 Å². The Labute approximate surface area is 191 Å². The summed E-state index contributed by atoms with van der Waals surface area (Å²) in [4.78, 5) is 17.4. The van der Waals surface area contributed by atoms with Gasteiger partial charge in [-0.25, -0.2) is 22.5 Å². The first-order valence-electron chi connectivity index (χ1n) is 10.3. The Balaban J connectivity index is 1.60. The molecule has 2 aromatic carbocycles. The standard InChI is InChI=1S/C22H25N3O7S/c1-5-25-17-7-6-15(33(27,28)24(2)3)12-16(17)23-20(25)13-32-22(26)14-10-18(29-4)21-19(11-14)30-8-9-31-21/h6-7,10-12H,5,8-9,13H2,1-4H3. The van der Waals surface area contributed by atoms with Crippen molar-refractivity contribution < 1.29 is 32.2 Å². The largest absolute Gasteiger partial charge is 0.493 e. The summed E-state index contributed by atoms with van der Waals surface area (Å²) in [7, 11) is 0.841. The van der Waals surface area contributed by atoms with Crippen molar-refractivity contribution in [3.05, 3.63) is 41.7 Å². The van der Waals surface area contributed by atoms with E-state index < -0.39 is 16.0 Å². The zero-order valence-corrected chi connectivity index (χ0v) is 19.6. The van der Waals surface area contributed by atoms with Crippen LogP contribution in [0.3, 0.4) is 0 Å². The molecule has 1 aliphatic heterocycles. The third-order valence-electron chi connectivity index (χ3n) is 5.29. The van der Waals surface area contributed by atoms with E-state index in [-0.39, 0.29) is 17.1 Å². The molecule has 3 aromatic rings. The van der Waals surface area contributed by atoms with Crippen LogP contribution in [0.2, 0.25) is 0 Å². The predicted molar refractivity (Wildman–Crippen MR) is 119 cm³/mol. The molecule has 0 unspecified atom stereocenters. The summed E-state index contributed by atoms with van der Waals surface area (Å²) in [5, 5.41) is 0. The highest BCUT2D eigenvalue weighted by molar-refractivity contribution is 7.89. The molecule has 10 nitrogen and oxygen atoms in total. The lowest BCUT2D eigenvalue weighted by molar-refractivity contribution is 0.0457. The lowest BCUT2D eigenvalue weighted by Crippen LogP contribution is -2.22. The number of hydrogen-bond acceptors (Lipinski definition) is 8. The number of carbonyl (C=O) groups is 1. The van der Waals surface area contributed by atoms with Crippen molar-refractivity contribution in [3.8, 4) is 17.2 Å². The highest BCUT2D eigenvalue weighted by Gasteiger charge is 2.23. The van der Waals surface area contributed by atoms with Crippen LogP contribution in [-0.4, -0.2) is 62.7 Å². The van der Waals surface area contributed by atoms with Gasteiger partial charge < -0.3 is 23.5 Å². The fourth-order valence-electron chi connectivity index (χ4n) is 3.60. The van der Waals surface area contributed by atoms with E-state index in [2.05, 4.69) is 4.98 Å². The molecule has 0 spiro atoms. The number of nitrogens with zero attached hydrogens (tertiary/aromatic N) is 3. The average Bonchev–Trinajstić information content (AvgIpc) is 3.18. The van der Waals surface area contributed by atoms with Gasteiger partial charge in [0.1, 0.15) is 25.6 Å². The minimum atomic E-state index is -3.59. The Hall–Kier alpha value is -3.31. The first-order valence-corrected chi connectivity index (χ1v) is 11.8. The van der Waals surface area contributed by atoms with Gasteiger partial charge in [0, 0.05) is 20.6 Å². The van der Waals surface area contributed by atoms with E-state index in [4.69, 9.17) is 18.9 Å². The van der Waals surface area contributed by atoms with Gasteiger partial charge in [-0.05, 0) is 37.3 Å². The molecule has 0 saturated carbocycles. The molecule has 176 valence electrons. The summed E-state index contributed by atoms with van der Waals surface area (Å²) in [5.41, 5.74) is 1.52. The third-order valence-corrected chi connectivity index (χ3v) is 7.10. The van der Waals surface area contributed by atoms with Crippen LogP contribution in [0.4, 0.5) is 0 Å². The monoisotopic (exact) mass is 475 g/mol. The molecule has 0 radical (unpaired) electrons. The summed E-state index contributed by atoms with van der Waals surface area (Å²) in [6.07, 6.45) is 0. The van der Waals surface area contributed by atoms with Crippen molar-refractivity contribution in [1.82, 2.24) is 13.9 Å². The number of carbonyl (C=O) groups excluding carboxylic acids is 1. The van der Waals surface area contributed by atoms with E-state index in [1.54, 1.807) is 18.2 Å². The van der Waals surface area contributed by atoms with E-state index in [0.717, 1.165) is 9.82 Å². The van der Waals surface area contributed by atoms with Crippen LogP contribution in [0.25, 0.3) is 11.0 Å². The Morgan fingerprint density at radius 2 is 1.94 bits per heavy atom. The Morgan fingerprint density at radius 1 is 1.18 bits per heavy atom. The molecule has 0 atom stereocenters. The van der Waals surface area contributed by atoms with Gasteiger partial charge in [0.05, 0.1) is 28.6 Å². The summed E-state index contributed by atoms with van der Waals surface area (Å²) in [6, 6.07) is 7.87. The quantitative estimate of drug-likeness (QED) is 0.480. The molecule has 0 fully saturated rings. The molecule has 1 aromatic heterocycles. The lowest BCUT2D eigenvalue weighted by Gasteiger charge is -2.21. The Morgan fingerprint density at radius 3 is 2.64 bits per heavy atom. The van der Waals surface area contributed by atoms with Crippen molar-refractivity contribution in [2.45, 2.75) is 25.0 Å². The highest BCUT2D eigenvalue weighted by atomic mass is 32.2. The summed E-state index contributed by atoms with van der Waals surface area (Å²) >= 11 is 0. The normalized spacial score (nSPS) is 13.4. The third kappa shape index (κ3) is 4.21. The second-order valence-corrected chi connectivity index (χ2v) is 9.64. The second kappa shape index (κ2) is 8.91. The van der Waals surface area contributed by atoms with Gasteiger partial charge in [-0.2, -0.15) is 0 Å². The van der Waals surface area contributed by atoms with Gasteiger partial charge in [0.2, 0.25) is 15.8 Å². The van der Waals surface area contributed by atoms with E-state index in [1.807, 2.05) is 11.5 Å². The fraction of sp³-hybridized carbons (Fsp3) is 0.364. The smallest absolute Gasteiger partial charge is 0.338 e. The first-order chi connectivity index (χ1) is 15.8. The molecular formula is C22H25N3O7S. The van der Waals surface area contributed by atoms with Crippen LogP contribution in [0.5, 0.6) is 17.2 Å². The van der Waals surface area contributed by atoms with Crippen molar-refractivity contribution in [1.29, 1.82) is 0 Å². The maximum Gasteiger partial charge on any atom is 0.338 e. The predicted octanol–water partition coefficient (Wildman–Crippen LogP) is 2.44. The number of imidazole rings is 1. The number of aryl methyl sites for hydroxylation is 1. The average molecular weight is 476 g/mol. The van der Waals surface area contributed by atoms with Crippen LogP contribution in [-0.2, 0) is 27.9 Å². The van der Waals surface area contributed by atoms with Crippen LogP contribution >= 0.6 is 0 Å². The minimum Gasteiger partial charge on any atom is -0.493 e. The number of benzene rings is 2. The topological polar surface area (TPSA) is 109 Å². The second-order valence-electron chi connectivity index (χ2n) is 7.49. The number of hydrogen-bond donors (Lipinski definition) is 0. The number of esters is 1. The molecule has 0 N–H and O–H groups in total. The molecule has 4 rings (SSSR count). The van der Waals surface area contributed by atoms with E-state index in [0.29, 0.717) is 48.3 Å². The number of ether oxygens (including phenoxy) is 4. The highest BCUT2D eigenvalue weighted by Crippen LogP contribution is 2.40. The van der Waals surface area contributed by atoms with E-state index >= 15 is 0 Å². The van der Waals surface area contributed by atoms with Gasteiger partial charge in [-0.15, -0.1) is 0 Å². The molecular weight excluding hydrogens is 450 g/mol. The number of rotatable bonds is 7. The molecule has 0 aliphatic carbocycles. The van der Waals surface area contributed by atoms with Crippen LogP contribution in [0.15, 0.2) is 35.2 Å². The van der Waals surface area contributed by atoms with E-state index in [9.17, 15) is 13.2 Å². The summed E-state index contributed by atoms with van der Waals surface area (Å²) < 4.78 is 49.9. The van der Waals surface area contributed by atoms with Crippen molar-refractivity contribution in [3.63, 3.8) is 0 Å². The Bertz CT molecular complexity index is 1300. The van der Waals surface area contributed by atoms with Crippen molar-refractivity contribution >= 4 is 27.0 Å². The van der Waals surface area contributed by atoms with Crippen LogP contribution < -0.4 is 14.2 Å². The number of methoxy groups -OCH3 is 1. The summed E-state index contributed by atoms with van der Waals surface area (Å²) in [6.45, 7) is 3.19. The zero-order valence-electron chi connectivity index (χ0n) is 18.8. The van der Waals surface area contributed by atoms with Crippen LogP contribution in [0.1, 0.15) is 23.1 Å². The van der Waals surface area contributed by atoms with Gasteiger partial charge in [-0.3, -0.25) is 0 Å². The molecule has 0 amide bonds. The van der Waals surface area contributed by atoms with Gasteiger partial charge in [0.25, 0.3) is 0 Å². The van der Waals surface area contributed by atoms with Crippen molar-refractivity contribution in [2.24, 2.45) is 0 Å². The maximum absolute atomic E-state index is 12.8. The maximum atomic E-state index is 12.8. The molecule has 1 aliphatic rings. The zero-order chi connectivity index (χ0) is 23.8. The molecule has 11 heteroatoms. The fourth-order valence-corrected chi connectivity index (χ4v) is 4.52.